The minimum atomic E-state index is -0.380. The number of carbonyl (C=O) groups is 1. The Balaban J connectivity index is 1.71. The molecule has 0 aliphatic rings. The first kappa shape index (κ1) is 18.4. The van der Waals surface area contributed by atoms with E-state index in [1.165, 1.54) is 11.1 Å². The van der Waals surface area contributed by atoms with Crippen molar-refractivity contribution in [2.45, 2.75) is 20.4 Å². The van der Waals surface area contributed by atoms with Crippen molar-refractivity contribution in [1.82, 2.24) is 9.97 Å². The topological polar surface area (TPSA) is 76.1 Å². The monoisotopic (exact) mass is 362 g/mol. The molecule has 0 aliphatic heterocycles. The first-order valence-electron chi connectivity index (χ1n) is 8.81. The molecule has 0 saturated carbocycles. The average Bonchev–Trinajstić information content (AvgIpc) is 2.68. The number of nitrogens with one attached hydrogen (secondary N) is 2. The lowest BCUT2D eigenvalue weighted by Crippen LogP contribution is -2.09. The minimum absolute atomic E-state index is 0.322. The van der Waals surface area contributed by atoms with Crippen molar-refractivity contribution in [2.75, 3.05) is 17.2 Å². The fourth-order valence-corrected chi connectivity index (χ4v) is 2.52. The third kappa shape index (κ3) is 5.04. The van der Waals surface area contributed by atoms with E-state index < -0.39 is 0 Å². The Morgan fingerprint density at radius 3 is 2.63 bits per heavy atom. The van der Waals surface area contributed by atoms with Crippen molar-refractivity contribution in [1.29, 1.82) is 0 Å². The van der Waals surface area contributed by atoms with Crippen LogP contribution in [-0.4, -0.2) is 22.5 Å². The third-order valence-electron chi connectivity index (χ3n) is 3.92. The number of ether oxygens (including phenoxy) is 1. The van der Waals surface area contributed by atoms with E-state index in [-0.39, 0.29) is 5.97 Å². The fraction of sp³-hybridized carbons (Fsp3) is 0.190. The maximum absolute atomic E-state index is 12.1. The predicted molar refractivity (Wildman–Crippen MR) is 106 cm³/mol. The second kappa shape index (κ2) is 8.80. The summed E-state index contributed by atoms with van der Waals surface area (Å²) in [6, 6.07) is 17.3. The number of aromatic nitrogens is 2. The zero-order valence-corrected chi connectivity index (χ0v) is 15.4. The number of hydrogen-bond acceptors (Lipinski definition) is 6. The van der Waals surface area contributed by atoms with Gasteiger partial charge in [0, 0.05) is 12.7 Å². The van der Waals surface area contributed by atoms with Crippen LogP contribution in [-0.2, 0) is 11.3 Å². The molecule has 0 bridgehead atoms. The summed E-state index contributed by atoms with van der Waals surface area (Å²) in [4.78, 5) is 20.8. The van der Waals surface area contributed by atoms with Gasteiger partial charge in [-0.1, -0.05) is 42.0 Å². The van der Waals surface area contributed by atoms with Crippen LogP contribution in [0.1, 0.15) is 28.4 Å². The van der Waals surface area contributed by atoms with Crippen molar-refractivity contribution in [3.8, 4) is 0 Å². The number of benzene rings is 2. The molecule has 0 fully saturated rings. The highest BCUT2D eigenvalue weighted by molar-refractivity contribution is 5.96. The van der Waals surface area contributed by atoms with E-state index in [2.05, 4.69) is 51.8 Å². The Labute approximate surface area is 158 Å². The van der Waals surface area contributed by atoms with Crippen LogP contribution < -0.4 is 10.6 Å². The summed E-state index contributed by atoms with van der Waals surface area (Å²) in [5.74, 6) is 0.719. The van der Waals surface area contributed by atoms with Crippen molar-refractivity contribution in [2.24, 2.45) is 0 Å². The Bertz CT molecular complexity index is 910. The van der Waals surface area contributed by atoms with E-state index in [0.717, 1.165) is 0 Å². The van der Waals surface area contributed by atoms with Crippen molar-refractivity contribution in [3.05, 3.63) is 77.5 Å². The molecule has 0 radical (unpaired) electrons. The largest absolute Gasteiger partial charge is 0.462 e. The maximum atomic E-state index is 12.1. The van der Waals surface area contributed by atoms with E-state index in [9.17, 15) is 4.79 Å². The van der Waals surface area contributed by atoms with Crippen LogP contribution >= 0.6 is 0 Å². The molecule has 138 valence electrons. The Kier molecular flexibility index (Phi) is 5.99. The fourth-order valence-electron chi connectivity index (χ4n) is 2.52. The second-order valence-electron chi connectivity index (χ2n) is 6.00. The van der Waals surface area contributed by atoms with Gasteiger partial charge in [-0.05, 0) is 37.6 Å². The lowest BCUT2D eigenvalue weighted by atomic mass is 10.1. The molecule has 27 heavy (non-hydrogen) atoms. The molecule has 2 N–H and O–H groups in total. The summed E-state index contributed by atoms with van der Waals surface area (Å²) < 4.78 is 5.09. The molecule has 0 amide bonds. The smallest absolute Gasteiger partial charge is 0.340 e. The van der Waals surface area contributed by atoms with Crippen molar-refractivity contribution >= 4 is 23.4 Å². The van der Waals surface area contributed by atoms with Crippen LogP contribution in [0.25, 0.3) is 0 Å². The van der Waals surface area contributed by atoms with Gasteiger partial charge < -0.3 is 15.4 Å². The number of rotatable bonds is 7. The zero-order valence-electron chi connectivity index (χ0n) is 15.4. The van der Waals surface area contributed by atoms with Gasteiger partial charge in [-0.15, -0.1) is 0 Å². The van der Waals surface area contributed by atoms with Crippen LogP contribution in [0.3, 0.4) is 0 Å². The first-order chi connectivity index (χ1) is 13.2. The molecule has 0 unspecified atom stereocenters. The van der Waals surface area contributed by atoms with Crippen LogP contribution in [0.2, 0.25) is 0 Å². The maximum Gasteiger partial charge on any atom is 0.340 e. The van der Waals surface area contributed by atoms with Gasteiger partial charge in [-0.25, -0.2) is 9.78 Å². The quantitative estimate of drug-likeness (QED) is 0.610. The molecule has 2 aromatic carbocycles. The number of nitrogens with zero attached hydrogens (tertiary/aromatic N) is 2. The molecule has 6 nitrogen and oxygen atoms in total. The van der Waals surface area contributed by atoms with Gasteiger partial charge in [-0.2, -0.15) is 4.98 Å². The van der Waals surface area contributed by atoms with Gasteiger partial charge in [0.25, 0.3) is 0 Å². The molecular formula is C21H22N4O2. The Morgan fingerprint density at radius 1 is 1.07 bits per heavy atom. The number of anilines is 3. The lowest BCUT2D eigenvalue weighted by Gasteiger charge is -2.11. The number of para-hydroxylation sites is 1. The van der Waals surface area contributed by atoms with Crippen LogP contribution in [0, 0.1) is 6.92 Å². The number of esters is 1. The molecule has 1 heterocycles. The second-order valence-corrected chi connectivity index (χ2v) is 6.00. The molecule has 0 spiro atoms. The molecular weight excluding hydrogens is 340 g/mol. The van der Waals surface area contributed by atoms with Gasteiger partial charge in [0.1, 0.15) is 5.82 Å². The highest BCUT2D eigenvalue weighted by Crippen LogP contribution is 2.20. The zero-order chi connectivity index (χ0) is 19.1. The molecule has 1 aromatic heterocycles. The summed E-state index contributed by atoms with van der Waals surface area (Å²) in [6.07, 6.45) is 1.67. The van der Waals surface area contributed by atoms with Gasteiger partial charge in [0.15, 0.2) is 0 Å². The SMILES string of the molecule is CCOC(=O)c1ccccc1Nc1nccc(NCc2ccc(C)cc2)n1. The van der Waals surface area contributed by atoms with E-state index in [0.29, 0.717) is 36.2 Å². The average molecular weight is 362 g/mol. The summed E-state index contributed by atoms with van der Waals surface area (Å²) in [7, 11) is 0. The molecule has 0 aliphatic carbocycles. The predicted octanol–water partition coefficient (Wildman–Crippen LogP) is 4.32. The van der Waals surface area contributed by atoms with E-state index in [4.69, 9.17) is 4.74 Å². The third-order valence-corrected chi connectivity index (χ3v) is 3.92. The highest BCUT2D eigenvalue weighted by atomic mass is 16.5. The first-order valence-corrected chi connectivity index (χ1v) is 8.81. The van der Waals surface area contributed by atoms with Crippen molar-refractivity contribution < 1.29 is 9.53 Å². The van der Waals surface area contributed by atoms with Crippen LogP contribution in [0.15, 0.2) is 60.8 Å². The highest BCUT2D eigenvalue weighted by Gasteiger charge is 2.12. The molecule has 6 heteroatoms. The summed E-state index contributed by atoms with van der Waals surface area (Å²) in [5.41, 5.74) is 3.45. The standard InChI is InChI=1S/C21H22N4O2/c1-3-27-20(26)17-6-4-5-7-18(17)24-21-22-13-12-19(25-21)23-14-16-10-8-15(2)9-11-16/h4-13H,3,14H2,1-2H3,(H2,22,23,24,25). The van der Waals surface area contributed by atoms with Gasteiger partial charge in [-0.3, -0.25) is 0 Å². The van der Waals surface area contributed by atoms with Crippen molar-refractivity contribution in [3.63, 3.8) is 0 Å². The van der Waals surface area contributed by atoms with Gasteiger partial charge in [0.05, 0.1) is 17.9 Å². The number of hydrogen-bond donors (Lipinski definition) is 2. The number of aryl methyl sites for hydroxylation is 1. The molecule has 3 aromatic rings. The summed E-state index contributed by atoms with van der Waals surface area (Å²) >= 11 is 0. The Hall–Kier alpha value is -3.41. The van der Waals surface area contributed by atoms with Crippen LogP contribution in [0.4, 0.5) is 17.5 Å². The van der Waals surface area contributed by atoms with Gasteiger partial charge in [0.2, 0.25) is 5.95 Å². The van der Waals surface area contributed by atoms with Crippen LogP contribution in [0.5, 0.6) is 0 Å². The molecule has 3 rings (SSSR count). The minimum Gasteiger partial charge on any atom is -0.462 e. The summed E-state index contributed by atoms with van der Waals surface area (Å²) in [6.45, 7) is 4.83. The molecule has 0 saturated heterocycles. The van der Waals surface area contributed by atoms with E-state index in [1.54, 1.807) is 37.4 Å². The van der Waals surface area contributed by atoms with Gasteiger partial charge >= 0.3 is 5.97 Å². The Morgan fingerprint density at radius 2 is 1.85 bits per heavy atom. The van der Waals surface area contributed by atoms with E-state index in [1.807, 2.05) is 6.07 Å². The number of carbonyl (C=O) groups excluding carboxylic acids is 1. The summed E-state index contributed by atoms with van der Waals surface area (Å²) in [5, 5.41) is 6.38. The lowest BCUT2D eigenvalue weighted by molar-refractivity contribution is 0.0527. The molecule has 0 atom stereocenters. The normalized spacial score (nSPS) is 10.3. The van der Waals surface area contributed by atoms with E-state index >= 15 is 0 Å².